The molecule has 0 unspecified atom stereocenters. The molecule has 0 bridgehead atoms. The largest absolute Gasteiger partial charge is 0.497 e. The van der Waals surface area contributed by atoms with Gasteiger partial charge in [-0.15, -0.1) is 0 Å². The summed E-state index contributed by atoms with van der Waals surface area (Å²) in [5.74, 6) is 1.80. The van der Waals surface area contributed by atoms with E-state index in [0.29, 0.717) is 6.04 Å². The van der Waals surface area contributed by atoms with Gasteiger partial charge >= 0.3 is 0 Å². The van der Waals surface area contributed by atoms with E-state index in [2.05, 4.69) is 29.2 Å². The van der Waals surface area contributed by atoms with E-state index >= 15 is 0 Å². The maximum atomic E-state index is 5.18. The molecule has 1 saturated heterocycles. The van der Waals surface area contributed by atoms with Crippen LogP contribution in [0.1, 0.15) is 11.6 Å². The van der Waals surface area contributed by atoms with Gasteiger partial charge < -0.3 is 14.4 Å². The van der Waals surface area contributed by atoms with E-state index in [1.807, 2.05) is 24.3 Å². The lowest BCUT2D eigenvalue weighted by atomic mass is 10.1. The van der Waals surface area contributed by atoms with E-state index < -0.39 is 0 Å². The van der Waals surface area contributed by atoms with Crippen molar-refractivity contribution in [2.45, 2.75) is 6.04 Å². The zero-order valence-corrected chi connectivity index (χ0v) is 11.2. The zero-order chi connectivity index (χ0) is 13.2. The Balaban J connectivity index is 1.72. The molecule has 1 fully saturated rings. The van der Waals surface area contributed by atoms with Gasteiger partial charge in [0.05, 0.1) is 20.3 Å². The van der Waals surface area contributed by atoms with Gasteiger partial charge in [-0.2, -0.15) is 0 Å². The van der Waals surface area contributed by atoms with Gasteiger partial charge in [0.2, 0.25) is 0 Å². The van der Waals surface area contributed by atoms with E-state index in [1.165, 1.54) is 11.3 Å². The number of hydrogen-bond donors (Lipinski definition) is 0. The summed E-state index contributed by atoms with van der Waals surface area (Å²) in [5, 5.41) is 0. The van der Waals surface area contributed by atoms with Crippen LogP contribution in [0.2, 0.25) is 0 Å². The Morgan fingerprint density at radius 3 is 1.89 bits per heavy atom. The van der Waals surface area contributed by atoms with Crippen molar-refractivity contribution in [3.8, 4) is 11.5 Å². The lowest BCUT2D eigenvalue weighted by molar-refractivity contribution is 0.414. The molecule has 1 heterocycles. The Morgan fingerprint density at radius 2 is 1.37 bits per heavy atom. The average Bonchev–Trinajstić information content (AvgIpc) is 3.28. The fraction of sp³-hybridized carbons (Fsp3) is 0.250. The highest BCUT2D eigenvalue weighted by Crippen LogP contribution is 2.40. The molecule has 19 heavy (non-hydrogen) atoms. The van der Waals surface area contributed by atoms with E-state index in [9.17, 15) is 0 Å². The van der Waals surface area contributed by atoms with Crippen LogP contribution >= 0.6 is 0 Å². The number of anilines is 1. The minimum absolute atomic E-state index is 0.485. The molecular formula is C16H17NO2. The molecule has 1 aliphatic heterocycles. The summed E-state index contributed by atoms with van der Waals surface area (Å²) in [7, 11) is 3.38. The molecule has 3 heteroatoms. The third-order valence-electron chi connectivity index (χ3n) is 3.52. The maximum absolute atomic E-state index is 5.18. The first-order chi connectivity index (χ1) is 9.31. The summed E-state index contributed by atoms with van der Waals surface area (Å²) < 4.78 is 10.4. The first-order valence-electron chi connectivity index (χ1n) is 6.36. The van der Waals surface area contributed by atoms with Gasteiger partial charge in [-0.05, 0) is 42.0 Å². The fourth-order valence-electron chi connectivity index (χ4n) is 2.31. The molecule has 0 aliphatic carbocycles. The minimum Gasteiger partial charge on any atom is -0.497 e. The molecule has 0 radical (unpaired) electrons. The Bertz CT molecular complexity index is 496. The van der Waals surface area contributed by atoms with Crippen LogP contribution in [0.25, 0.3) is 0 Å². The lowest BCUT2D eigenvalue weighted by Gasteiger charge is -2.07. The normalized spacial score (nSPS) is 17.2. The second kappa shape index (κ2) is 4.84. The predicted molar refractivity (Wildman–Crippen MR) is 76.1 cm³/mol. The van der Waals surface area contributed by atoms with Gasteiger partial charge in [0, 0.05) is 12.2 Å². The Hall–Kier alpha value is -2.16. The SMILES string of the molecule is COc1ccc([C@@H]2CN2c2ccc(OC)cc2)cc1. The van der Waals surface area contributed by atoms with Crippen LogP contribution in [0.15, 0.2) is 48.5 Å². The number of nitrogens with zero attached hydrogens (tertiary/aromatic N) is 1. The maximum Gasteiger partial charge on any atom is 0.119 e. The number of methoxy groups -OCH3 is 2. The van der Waals surface area contributed by atoms with E-state index in [-0.39, 0.29) is 0 Å². The summed E-state index contributed by atoms with van der Waals surface area (Å²) in [6.07, 6.45) is 0. The summed E-state index contributed by atoms with van der Waals surface area (Å²) in [5.41, 5.74) is 2.57. The van der Waals surface area contributed by atoms with Crippen molar-refractivity contribution < 1.29 is 9.47 Å². The van der Waals surface area contributed by atoms with Crippen molar-refractivity contribution in [1.82, 2.24) is 0 Å². The van der Waals surface area contributed by atoms with Crippen LogP contribution in [0, 0.1) is 0 Å². The monoisotopic (exact) mass is 255 g/mol. The average molecular weight is 255 g/mol. The topological polar surface area (TPSA) is 21.5 Å². The Kier molecular flexibility index (Phi) is 3.03. The van der Waals surface area contributed by atoms with Crippen molar-refractivity contribution in [2.75, 3.05) is 25.7 Å². The van der Waals surface area contributed by atoms with Crippen molar-refractivity contribution >= 4 is 5.69 Å². The standard InChI is InChI=1S/C16H17NO2/c1-18-14-7-3-12(4-8-14)16-11-17(16)13-5-9-15(19-2)10-6-13/h3-10,16H,11H2,1-2H3/t16-,17?/m0/s1. The van der Waals surface area contributed by atoms with E-state index in [4.69, 9.17) is 9.47 Å². The van der Waals surface area contributed by atoms with Gasteiger partial charge in [0.15, 0.2) is 0 Å². The second-order valence-electron chi connectivity index (χ2n) is 4.64. The van der Waals surface area contributed by atoms with Gasteiger partial charge in [-0.25, -0.2) is 0 Å². The summed E-state index contributed by atoms with van der Waals surface area (Å²) in [6, 6.07) is 17.0. The lowest BCUT2D eigenvalue weighted by Crippen LogP contribution is -1.94. The zero-order valence-electron chi connectivity index (χ0n) is 11.2. The Morgan fingerprint density at radius 1 is 0.842 bits per heavy atom. The minimum atomic E-state index is 0.485. The van der Waals surface area contributed by atoms with Crippen LogP contribution < -0.4 is 14.4 Å². The number of hydrogen-bond acceptors (Lipinski definition) is 3. The van der Waals surface area contributed by atoms with Crippen molar-refractivity contribution in [3.63, 3.8) is 0 Å². The number of ether oxygens (including phenoxy) is 2. The van der Waals surface area contributed by atoms with E-state index in [1.54, 1.807) is 14.2 Å². The molecule has 1 atom stereocenters. The van der Waals surface area contributed by atoms with Gasteiger partial charge in [-0.1, -0.05) is 12.1 Å². The highest BCUT2D eigenvalue weighted by atomic mass is 16.5. The summed E-state index contributed by atoms with van der Waals surface area (Å²) in [6.45, 7) is 1.07. The molecule has 3 nitrogen and oxygen atoms in total. The molecule has 1 aliphatic rings. The van der Waals surface area contributed by atoms with Crippen molar-refractivity contribution in [1.29, 1.82) is 0 Å². The third-order valence-corrected chi connectivity index (χ3v) is 3.52. The van der Waals surface area contributed by atoms with Crippen molar-refractivity contribution in [3.05, 3.63) is 54.1 Å². The van der Waals surface area contributed by atoms with Crippen LogP contribution in [0.5, 0.6) is 11.5 Å². The van der Waals surface area contributed by atoms with Crippen LogP contribution in [0.4, 0.5) is 5.69 Å². The molecule has 2 aromatic rings. The summed E-state index contributed by atoms with van der Waals surface area (Å²) in [4.78, 5) is 2.36. The third kappa shape index (κ3) is 2.36. The molecule has 2 aromatic carbocycles. The second-order valence-corrected chi connectivity index (χ2v) is 4.64. The summed E-state index contributed by atoms with van der Waals surface area (Å²) >= 11 is 0. The van der Waals surface area contributed by atoms with Crippen LogP contribution in [0.3, 0.4) is 0 Å². The van der Waals surface area contributed by atoms with Crippen molar-refractivity contribution in [2.24, 2.45) is 0 Å². The van der Waals surface area contributed by atoms with Gasteiger partial charge in [0.1, 0.15) is 11.5 Å². The molecule has 0 amide bonds. The highest BCUT2D eigenvalue weighted by Gasteiger charge is 2.35. The Labute approximate surface area is 113 Å². The van der Waals surface area contributed by atoms with Crippen LogP contribution in [-0.4, -0.2) is 20.8 Å². The van der Waals surface area contributed by atoms with Crippen LogP contribution in [-0.2, 0) is 0 Å². The number of rotatable bonds is 4. The molecule has 0 N–H and O–H groups in total. The fourth-order valence-corrected chi connectivity index (χ4v) is 2.31. The highest BCUT2D eigenvalue weighted by molar-refractivity contribution is 5.57. The van der Waals surface area contributed by atoms with Gasteiger partial charge in [-0.3, -0.25) is 0 Å². The molecular weight excluding hydrogens is 238 g/mol. The molecule has 3 rings (SSSR count). The number of benzene rings is 2. The first-order valence-corrected chi connectivity index (χ1v) is 6.36. The quantitative estimate of drug-likeness (QED) is 0.783. The predicted octanol–water partition coefficient (Wildman–Crippen LogP) is 3.27. The smallest absolute Gasteiger partial charge is 0.119 e. The molecule has 0 saturated carbocycles. The molecule has 0 aromatic heterocycles. The van der Waals surface area contributed by atoms with E-state index in [0.717, 1.165) is 18.0 Å². The van der Waals surface area contributed by atoms with Gasteiger partial charge in [0.25, 0.3) is 0 Å². The molecule has 98 valence electrons. The first kappa shape index (κ1) is 11.9. The molecule has 0 spiro atoms.